The quantitative estimate of drug-likeness (QED) is 0.740. The number of rotatable bonds is 2. The Morgan fingerprint density at radius 1 is 1.10 bits per heavy atom. The zero-order chi connectivity index (χ0) is 15.1. The molecule has 0 bridgehead atoms. The van der Waals surface area contributed by atoms with Crippen LogP contribution in [-0.2, 0) is 0 Å². The maximum Gasteiger partial charge on any atom is 0.323 e. The van der Waals surface area contributed by atoms with Crippen molar-refractivity contribution < 1.29 is 4.79 Å². The van der Waals surface area contributed by atoms with Crippen LogP contribution in [-0.4, -0.2) is 12.6 Å². The highest BCUT2D eigenvalue weighted by atomic mass is 16.2. The van der Waals surface area contributed by atoms with Gasteiger partial charge < -0.3 is 16.4 Å². The van der Waals surface area contributed by atoms with Crippen LogP contribution in [0.3, 0.4) is 0 Å². The first-order chi connectivity index (χ1) is 10.2. The highest BCUT2D eigenvalue weighted by molar-refractivity contribution is 6.00. The van der Waals surface area contributed by atoms with Crippen molar-refractivity contribution >= 4 is 17.4 Å². The number of carbonyl (C=O) groups excluding carboxylic acids is 1. The zero-order valence-electron chi connectivity index (χ0n) is 11.8. The van der Waals surface area contributed by atoms with Gasteiger partial charge in [0.15, 0.2) is 0 Å². The fourth-order valence-electron chi connectivity index (χ4n) is 1.77. The lowest BCUT2D eigenvalue weighted by Gasteiger charge is -2.09. The average molecular weight is 279 g/mol. The zero-order valence-corrected chi connectivity index (χ0v) is 11.8. The molecule has 4 heteroatoms. The van der Waals surface area contributed by atoms with E-state index in [1.165, 1.54) is 0 Å². The van der Waals surface area contributed by atoms with E-state index in [0.29, 0.717) is 5.69 Å². The number of benzene rings is 2. The summed E-state index contributed by atoms with van der Waals surface area (Å²) in [7, 11) is 0. The summed E-state index contributed by atoms with van der Waals surface area (Å²) in [5.74, 6) is 5.71. The molecule has 2 aromatic rings. The lowest BCUT2D eigenvalue weighted by atomic mass is 10.2. The van der Waals surface area contributed by atoms with Crippen LogP contribution in [0.1, 0.15) is 11.1 Å². The van der Waals surface area contributed by atoms with Gasteiger partial charge in [0, 0.05) is 11.3 Å². The molecular weight excluding hydrogens is 262 g/mol. The van der Waals surface area contributed by atoms with Crippen LogP contribution in [0, 0.1) is 18.8 Å². The van der Waals surface area contributed by atoms with Crippen molar-refractivity contribution in [3.63, 3.8) is 0 Å². The third-order valence-electron chi connectivity index (χ3n) is 2.81. The van der Waals surface area contributed by atoms with Gasteiger partial charge in [0.1, 0.15) is 0 Å². The molecule has 0 saturated carbocycles. The van der Waals surface area contributed by atoms with E-state index in [0.717, 1.165) is 16.8 Å². The monoisotopic (exact) mass is 279 g/mol. The summed E-state index contributed by atoms with van der Waals surface area (Å²) in [6, 6.07) is 14.6. The van der Waals surface area contributed by atoms with Gasteiger partial charge in [-0.2, -0.15) is 0 Å². The summed E-state index contributed by atoms with van der Waals surface area (Å²) in [6.07, 6.45) is 0. The van der Waals surface area contributed by atoms with Crippen LogP contribution >= 0.6 is 0 Å². The molecule has 0 spiro atoms. The van der Waals surface area contributed by atoms with Crippen molar-refractivity contribution in [3.05, 3.63) is 59.7 Å². The van der Waals surface area contributed by atoms with E-state index in [1.807, 2.05) is 49.4 Å². The number of urea groups is 1. The van der Waals surface area contributed by atoms with Gasteiger partial charge in [-0.15, -0.1) is 0 Å². The van der Waals surface area contributed by atoms with E-state index in [9.17, 15) is 4.79 Å². The summed E-state index contributed by atoms with van der Waals surface area (Å²) in [5, 5.41) is 5.57. The molecule has 0 aliphatic heterocycles. The van der Waals surface area contributed by atoms with Crippen LogP contribution in [0.5, 0.6) is 0 Å². The Morgan fingerprint density at radius 2 is 1.81 bits per heavy atom. The second-order valence-electron chi connectivity index (χ2n) is 4.50. The first-order valence-electron chi connectivity index (χ1n) is 6.61. The van der Waals surface area contributed by atoms with Crippen molar-refractivity contribution in [2.75, 3.05) is 17.2 Å². The molecule has 0 atom stereocenters. The predicted octanol–water partition coefficient (Wildman–Crippen LogP) is 2.95. The largest absolute Gasteiger partial charge is 0.323 e. The molecule has 4 N–H and O–H groups in total. The molecule has 0 saturated heterocycles. The molecule has 2 aromatic carbocycles. The number of carbonyl (C=O) groups is 1. The average Bonchev–Trinajstić information content (AvgIpc) is 2.49. The summed E-state index contributed by atoms with van der Waals surface area (Å²) in [6.45, 7) is 2.28. The van der Waals surface area contributed by atoms with Crippen LogP contribution in [0.25, 0.3) is 0 Å². The van der Waals surface area contributed by atoms with Crippen LogP contribution < -0.4 is 16.4 Å². The Labute approximate surface area is 124 Å². The lowest BCUT2D eigenvalue weighted by molar-refractivity contribution is 0.262. The first-order valence-corrected chi connectivity index (χ1v) is 6.61. The molecule has 2 rings (SSSR count). The van der Waals surface area contributed by atoms with Crippen molar-refractivity contribution in [3.8, 4) is 11.8 Å². The predicted molar refractivity (Wildman–Crippen MR) is 86.2 cm³/mol. The van der Waals surface area contributed by atoms with Gasteiger partial charge in [0.05, 0.1) is 12.2 Å². The third-order valence-corrected chi connectivity index (χ3v) is 2.81. The Morgan fingerprint density at radius 3 is 2.52 bits per heavy atom. The van der Waals surface area contributed by atoms with E-state index in [2.05, 4.69) is 22.5 Å². The highest BCUT2D eigenvalue weighted by Crippen LogP contribution is 2.15. The van der Waals surface area contributed by atoms with E-state index >= 15 is 0 Å². The highest BCUT2D eigenvalue weighted by Gasteiger charge is 2.05. The fourth-order valence-corrected chi connectivity index (χ4v) is 1.77. The lowest BCUT2D eigenvalue weighted by Crippen LogP contribution is -2.19. The second kappa shape index (κ2) is 7.13. The SMILES string of the molecule is Cc1ccc(NC(=O)Nc2ccccc2C#CCN)cc1. The molecular formula is C17H17N3O. The minimum atomic E-state index is -0.305. The molecule has 0 fully saturated rings. The van der Waals surface area contributed by atoms with Gasteiger partial charge in [-0.05, 0) is 31.2 Å². The van der Waals surface area contributed by atoms with E-state index < -0.39 is 0 Å². The summed E-state index contributed by atoms with van der Waals surface area (Å²) in [4.78, 5) is 12.0. The fraction of sp³-hybridized carbons (Fsp3) is 0.118. The number of nitrogens with two attached hydrogens (primary N) is 1. The van der Waals surface area contributed by atoms with Crippen molar-refractivity contribution in [2.24, 2.45) is 5.73 Å². The Bertz CT molecular complexity index is 681. The van der Waals surface area contributed by atoms with Gasteiger partial charge >= 0.3 is 6.03 Å². The second-order valence-corrected chi connectivity index (χ2v) is 4.50. The van der Waals surface area contributed by atoms with Crippen LogP contribution in [0.15, 0.2) is 48.5 Å². The molecule has 0 aromatic heterocycles. The number of amides is 2. The molecule has 2 amide bonds. The standard InChI is InChI=1S/C17H17N3O/c1-13-8-10-15(11-9-13)19-17(21)20-16-7-3-2-5-14(16)6-4-12-18/h2-3,5,7-11H,12,18H2,1H3,(H2,19,20,21). The minimum absolute atomic E-state index is 0.282. The molecule has 0 unspecified atom stereocenters. The Hall–Kier alpha value is -2.77. The van der Waals surface area contributed by atoms with E-state index in [1.54, 1.807) is 6.07 Å². The first kappa shape index (κ1) is 14.6. The van der Waals surface area contributed by atoms with Crippen molar-refractivity contribution in [2.45, 2.75) is 6.92 Å². The molecule has 106 valence electrons. The van der Waals surface area contributed by atoms with Crippen molar-refractivity contribution in [1.29, 1.82) is 0 Å². The smallest absolute Gasteiger partial charge is 0.320 e. The summed E-state index contributed by atoms with van der Waals surface area (Å²) < 4.78 is 0. The summed E-state index contributed by atoms with van der Waals surface area (Å²) >= 11 is 0. The topological polar surface area (TPSA) is 67.2 Å². The number of aryl methyl sites for hydroxylation is 1. The van der Waals surface area contributed by atoms with Gasteiger partial charge in [-0.1, -0.05) is 41.7 Å². The normalized spacial score (nSPS) is 9.43. The van der Waals surface area contributed by atoms with E-state index in [4.69, 9.17) is 5.73 Å². The maximum atomic E-state index is 12.0. The number of nitrogens with one attached hydrogen (secondary N) is 2. The molecule has 0 aliphatic carbocycles. The summed E-state index contributed by atoms with van der Waals surface area (Å²) in [5.41, 5.74) is 8.64. The molecule has 0 radical (unpaired) electrons. The van der Waals surface area contributed by atoms with Gasteiger partial charge in [-0.3, -0.25) is 0 Å². The van der Waals surface area contributed by atoms with Crippen LogP contribution in [0.4, 0.5) is 16.2 Å². The van der Waals surface area contributed by atoms with Crippen molar-refractivity contribution in [1.82, 2.24) is 0 Å². The minimum Gasteiger partial charge on any atom is -0.320 e. The van der Waals surface area contributed by atoms with Gasteiger partial charge in [-0.25, -0.2) is 4.79 Å². The van der Waals surface area contributed by atoms with E-state index in [-0.39, 0.29) is 12.6 Å². The molecule has 0 heterocycles. The Kier molecular flexibility index (Phi) is 4.97. The molecule has 0 aliphatic rings. The van der Waals surface area contributed by atoms with Crippen LogP contribution in [0.2, 0.25) is 0 Å². The maximum absolute atomic E-state index is 12.0. The molecule has 4 nitrogen and oxygen atoms in total. The van der Waals surface area contributed by atoms with Gasteiger partial charge in [0.2, 0.25) is 0 Å². The Balaban J connectivity index is 2.07. The number of anilines is 2. The number of hydrogen-bond acceptors (Lipinski definition) is 2. The van der Waals surface area contributed by atoms with Gasteiger partial charge in [0.25, 0.3) is 0 Å². The third kappa shape index (κ3) is 4.37. The molecule has 21 heavy (non-hydrogen) atoms. The number of hydrogen-bond donors (Lipinski definition) is 3. The number of para-hydroxylation sites is 1.